The van der Waals surface area contributed by atoms with E-state index in [0.717, 1.165) is 21.5 Å². The van der Waals surface area contributed by atoms with Crippen LogP contribution in [0.4, 0.5) is 17.1 Å². The lowest BCUT2D eigenvalue weighted by Crippen LogP contribution is -2.58. The van der Waals surface area contributed by atoms with Gasteiger partial charge in [-0.25, -0.2) is 5.43 Å². The summed E-state index contributed by atoms with van der Waals surface area (Å²) in [7, 11) is 0. The minimum atomic E-state index is -0.168. The maximum atomic E-state index is 12.1. The van der Waals surface area contributed by atoms with Crippen LogP contribution in [0, 0.1) is 0 Å². The highest BCUT2D eigenvalue weighted by atomic mass is 79.9. The van der Waals surface area contributed by atoms with Crippen LogP contribution in [0.5, 0.6) is 0 Å². The zero-order valence-corrected chi connectivity index (χ0v) is 11.8. The summed E-state index contributed by atoms with van der Waals surface area (Å²) in [5, 5.41) is 2.83. The first-order chi connectivity index (χ1) is 9.10. The molecule has 0 aliphatic carbocycles. The van der Waals surface area contributed by atoms with Crippen molar-refractivity contribution in [2.45, 2.75) is 0 Å². The van der Waals surface area contributed by atoms with E-state index in [9.17, 15) is 4.79 Å². The number of halogens is 1. The lowest BCUT2D eigenvalue weighted by atomic mass is 10.1. The molecule has 0 spiro atoms. The van der Waals surface area contributed by atoms with Gasteiger partial charge in [0.25, 0.3) is 5.91 Å². The summed E-state index contributed by atoms with van der Waals surface area (Å²) in [6.07, 6.45) is 0. The molecule has 6 heteroatoms. The average molecular weight is 323 g/mol. The van der Waals surface area contributed by atoms with Crippen molar-refractivity contribution in [3.05, 3.63) is 52.5 Å². The molecule has 0 saturated carbocycles. The van der Waals surface area contributed by atoms with Crippen molar-refractivity contribution < 1.29 is 16.4 Å². The molecule has 0 atom stereocenters. The van der Waals surface area contributed by atoms with E-state index in [2.05, 4.69) is 38.2 Å². The van der Waals surface area contributed by atoms with Crippen LogP contribution in [-0.2, 0) is 0 Å². The van der Waals surface area contributed by atoms with Gasteiger partial charge in [-0.2, -0.15) is 0 Å². The van der Waals surface area contributed by atoms with Crippen LogP contribution in [0.25, 0.3) is 0 Å². The Morgan fingerprint density at radius 3 is 2.42 bits per heavy atom. The fourth-order valence-corrected chi connectivity index (χ4v) is 1.88. The third kappa shape index (κ3) is 3.31. The summed E-state index contributed by atoms with van der Waals surface area (Å²) in [6, 6.07) is 12.6. The van der Waals surface area contributed by atoms with E-state index < -0.39 is 0 Å². The van der Waals surface area contributed by atoms with Gasteiger partial charge in [-0.1, -0.05) is 15.9 Å². The van der Waals surface area contributed by atoms with E-state index in [0.29, 0.717) is 5.56 Å². The van der Waals surface area contributed by atoms with Crippen molar-refractivity contribution in [2.75, 3.05) is 10.7 Å². The molecule has 98 valence electrons. The van der Waals surface area contributed by atoms with Crippen molar-refractivity contribution in [2.24, 2.45) is 0 Å². The molecular weight excluding hydrogens is 308 g/mol. The Morgan fingerprint density at radius 2 is 1.79 bits per heavy atom. The van der Waals surface area contributed by atoms with Crippen LogP contribution >= 0.6 is 15.9 Å². The van der Waals surface area contributed by atoms with Gasteiger partial charge in [0.1, 0.15) is 5.69 Å². The summed E-state index contributed by atoms with van der Waals surface area (Å²) in [5.74, 6) is 3.42. The predicted molar refractivity (Wildman–Crippen MR) is 77.6 cm³/mol. The van der Waals surface area contributed by atoms with Crippen LogP contribution < -0.4 is 22.3 Å². The number of hydrogen-bond donors (Lipinski definition) is 4. The molecule has 0 fully saturated rings. The van der Waals surface area contributed by atoms with E-state index in [1.54, 1.807) is 18.2 Å². The monoisotopic (exact) mass is 322 g/mol. The zero-order chi connectivity index (χ0) is 13.8. The maximum absolute atomic E-state index is 12.1. The van der Waals surface area contributed by atoms with Crippen molar-refractivity contribution >= 4 is 38.9 Å². The Kier molecular flexibility index (Phi) is 4.16. The van der Waals surface area contributed by atoms with E-state index in [4.69, 9.17) is 0 Å². The highest BCUT2D eigenvalue weighted by molar-refractivity contribution is 9.10. The number of benzene rings is 2. The molecule has 0 heterocycles. The molecule has 0 aliphatic rings. The Morgan fingerprint density at radius 1 is 1.11 bits per heavy atom. The van der Waals surface area contributed by atoms with Gasteiger partial charge in [0.2, 0.25) is 0 Å². The molecule has 0 bridgehead atoms. The molecule has 2 aromatic rings. The molecule has 0 unspecified atom stereocenters. The second kappa shape index (κ2) is 5.83. The fourth-order valence-electron chi connectivity index (χ4n) is 1.62. The van der Waals surface area contributed by atoms with Gasteiger partial charge in [-0.05, 0) is 36.4 Å². The van der Waals surface area contributed by atoms with Crippen LogP contribution in [0.1, 0.15) is 10.4 Å². The second-order valence-corrected chi connectivity index (χ2v) is 4.93. The van der Waals surface area contributed by atoms with E-state index in [1.165, 1.54) is 0 Å². The SMILES string of the molecule is [NH3+]Nc1cc(C(=O)Nc2ccc(Br)cc2)ccc1[NH3+]. The Bertz CT molecular complexity index is 598. The van der Waals surface area contributed by atoms with Gasteiger partial charge >= 0.3 is 0 Å². The molecule has 0 saturated heterocycles. The first-order valence-corrected chi connectivity index (χ1v) is 6.45. The lowest BCUT2D eigenvalue weighted by Gasteiger charge is -2.07. The zero-order valence-electron chi connectivity index (χ0n) is 10.2. The molecule has 2 rings (SSSR count). The Balaban J connectivity index is 2.18. The number of carbonyl (C=O) groups excluding carboxylic acids is 1. The predicted octanol–water partition coefficient (Wildman–Crippen LogP) is 1.14. The number of quaternary nitrogens is 2. The van der Waals surface area contributed by atoms with Crippen molar-refractivity contribution in [3.63, 3.8) is 0 Å². The Hall–Kier alpha value is -1.89. The van der Waals surface area contributed by atoms with Crippen LogP contribution in [0.2, 0.25) is 0 Å². The second-order valence-electron chi connectivity index (χ2n) is 4.01. The number of nitrogens with one attached hydrogen (secondary N) is 2. The third-order valence-corrected chi connectivity index (χ3v) is 3.19. The standard InChI is InChI=1S/C13H13BrN4O/c14-9-2-4-10(5-3-9)17-13(19)8-1-6-11(15)12(7-8)18-16/h1-7,18H,15-16H2,(H,17,19)/p+2. The smallest absolute Gasteiger partial charge is 0.255 e. The minimum Gasteiger partial charge on any atom is -0.323 e. The van der Waals surface area contributed by atoms with E-state index >= 15 is 0 Å². The van der Waals surface area contributed by atoms with Gasteiger partial charge in [-0.15, -0.1) is 0 Å². The summed E-state index contributed by atoms with van der Waals surface area (Å²) >= 11 is 3.35. The van der Waals surface area contributed by atoms with Gasteiger partial charge in [0.15, 0.2) is 5.69 Å². The number of hydrogen-bond acceptors (Lipinski definition) is 2. The fraction of sp³-hybridized carbons (Fsp3) is 0. The van der Waals surface area contributed by atoms with Gasteiger partial charge in [-0.3, -0.25) is 10.6 Å². The largest absolute Gasteiger partial charge is 0.323 e. The van der Waals surface area contributed by atoms with E-state index in [1.807, 2.05) is 24.3 Å². The summed E-state index contributed by atoms with van der Waals surface area (Å²) < 4.78 is 0.968. The summed E-state index contributed by atoms with van der Waals surface area (Å²) in [6.45, 7) is 0. The molecule has 8 N–H and O–H groups in total. The number of carbonyl (C=O) groups is 1. The Labute approximate surface area is 119 Å². The maximum Gasteiger partial charge on any atom is 0.255 e. The van der Waals surface area contributed by atoms with Crippen LogP contribution in [-0.4, -0.2) is 5.91 Å². The molecule has 0 aromatic heterocycles. The highest BCUT2D eigenvalue weighted by Crippen LogP contribution is 2.19. The number of rotatable bonds is 3. The van der Waals surface area contributed by atoms with Crippen LogP contribution in [0.15, 0.2) is 46.9 Å². The molecule has 19 heavy (non-hydrogen) atoms. The first kappa shape index (κ1) is 13.5. The van der Waals surface area contributed by atoms with Gasteiger partial charge < -0.3 is 11.1 Å². The molecule has 5 nitrogen and oxygen atoms in total. The van der Waals surface area contributed by atoms with Gasteiger partial charge in [0.05, 0.1) is 0 Å². The van der Waals surface area contributed by atoms with Crippen molar-refractivity contribution in [1.29, 1.82) is 0 Å². The highest BCUT2D eigenvalue weighted by Gasteiger charge is 2.10. The third-order valence-electron chi connectivity index (χ3n) is 2.66. The number of anilines is 2. The lowest BCUT2D eigenvalue weighted by molar-refractivity contribution is -0.327. The minimum absolute atomic E-state index is 0.168. The average Bonchev–Trinajstić information content (AvgIpc) is 2.42. The molecule has 2 aromatic carbocycles. The number of amides is 1. The summed E-state index contributed by atoms with van der Waals surface area (Å²) in [5.41, 5.74) is 9.45. The molecule has 0 aliphatic heterocycles. The van der Waals surface area contributed by atoms with Crippen molar-refractivity contribution in [3.8, 4) is 0 Å². The normalized spacial score (nSPS) is 10.1. The van der Waals surface area contributed by atoms with Gasteiger partial charge in [0, 0.05) is 21.8 Å². The topological polar surface area (TPSA) is 96.4 Å². The first-order valence-electron chi connectivity index (χ1n) is 5.66. The summed E-state index contributed by atoms with van der Waals surface area (Å²) in [4.78, 5) is 12.1. The molecule has 1 amide bonds. The molecule has 0 radical (unpaired) electrons. The quantitative estimate of drug-likeness (QED) is 0.637. The van der Waals surface area contributed by atoms with E-state index in [-0.39, 0.29) is 5.91 Å². The van der Waals surface area contributed by atoms with Crippen LogP contribution in [0.3, 0.4) is 0 Å². The van der Waals surface area contributed by atoms with Crippen molar-refractivity contribution in [1.82, 2.24) is 0 Å². The molecular formula is C13H15BrN4O+2.